The Balaban J connectivity index is 1.91. The molecule has 2 rings (SSSR count). The zero-order valence-electron chi connectivity index (χ0n) is 8.95. The number of hydrogen-bond acceptors (Lipinski definition) is 2. The molecule has 0 aromatic heterocycles. The second-order valence-corrected chi connectivity index (χ2v) is 4.86. The molecule has 1 heterocycles. The van der Waals surface area contributed by atoms with Crippen molar-refractivity contribution in [3.8, 4) is 5.75 Å². The van der Waals surface area contributed by atoms with E-state index in [1.54, 1.807) is 0 Å². The molecule has 1 aromatic rings. The fourth-order valence-corrected chi connectivity index (χ4v) is 1.57. The van der Waals surface area contributed by atoms with Crippen LogP contribution in [-0.2, 0) is 0 Å². The van der Waals surface area contributed by atoms with E-state index in [1.165, 1.54) is 0 Å². The lowest BCUT2D eigenvalue weighted by Crippen LogP contribution is -2.19. The minimum absolute atomic E-state index is 0.192. The van der Waals surface area contributed by atoms with Crippen LogP contribution >= 0.6 is 0 Å². The molecule has 0 aliphatic carbocycles. The Hall–Kier alpha value is -1.02. The van der Waals surface area contributed by atoms with Crippen LogP contribution in [0, 0.1) is 5.41 Å². The van der Waals surface area contributed by atoms with Crippen molar-refractivity contribution in [3.63, 3.8) is 0 Å². The topological polar surface area (TPSA) is 31.2 Å². The minimum Gasteiger partial charge on any atom is -0.474 e. The van der Waals surface area contributed by atoms with Crippen molar-refractivity contribution in [1.29, 1.82) is 0 Å². The lowest BCUT2D eigenvalue weighted by molar-refractivity contribution is 0.258. The van der Waals surface area contributed by atoms with Gasteiger partial charge in [0.05, 0.1) is 6.04 Å². The van der Waals surface area contributed by atoms with Crippen molar-refractivity contribution in [2.24, 2.45) is 5.41 Å². The summed E-state index contributed by atoms with van der Waals surface area (Å²) in [4.78, 5) is 0. The van der Waals surface area contributed by atoms with Crippen molar-refractivity contribution < 1.29 is 4.74 Å². The summed E-state index contributed by atoms with van der Waals surface area (Å²) in [6.45, 7) is 6.66. The summed E-state index contributed by atoms with van der Waals surface area (Å²) in [5, 5.41) is 3.33. The second kappa shape index (κ2) is 3.28. The molecule has 1 saturated heterocycles. The number of nitrogens with one attached hydrogen (secondary N) is 1. The molecule has 2 unspecified atom stereocenters. The fourth-order valence-electron chi connectivity index (χ4n) is 1.57. The molecule has 0 bridgehead atoms. The van der Waals surface area contributed by atoms with Gasteiger partial charge in [-0.3, -0.25) is 5.32 Å². The van der Waals surface area contributed by atoms with Gasteiger partial charge in [0.2, 0.25) is 0 Å². The van der Waals surface area contributed by atoms with Gasteiger partial charge in [-0.2, -0.15) is 0 Å². The van der Waals surface area contributed by atoms with Gasteiger partial charge in [0, 0.05) is 0 Å². The van der Waals surface area contributed by atoms with Crippen molar-refractivity contribution in [1.82, 2.24) is 5.32 Å². The predicted octanol–water partition coefficient (Wildman–Crippen LogP) is 2.41. The smallest absolute Gasteiger partial charge is 0.166 e. The number of para-hydroxylation sites is 1. The third-order valence-corrected chi connectivity index (χ3v) is 2.48. The molecule has 2 heteroatoms. The van der Waals surface area contributed by atoms with E-state index in [0.29, 0.717) is 6.04 Å². The minimum atomic E-state index is 0.192. The Labute approximate surface area is 85.3 Å². The maximum absolute atomic E-state index is 5.75. The molecular formula is C12H17NO. The Kier molecular flexibility index (Phi) is 2.23. The van der Waals surface area contributed by atoms with Gasteiger partial charge >= 0.3 is 0 Å². The van der Waals surface area contributed by atoms with Crippen LogP contribution in [0.15, 0.2) is 30.3 Å². The first-order chi connectivity index (χ1) is 6.57. The van der Waals surface area contributed by atoms with E-state index in [-0.39, 0.29) is 11.6 Å². The third-order valence-electron chi connectivity index (χ3n) is 2.48. The van der Waals surface area contributed by atoms with Crippen LogP contribution in [0.25, 0.3) is 0 Å². The van der Waals surface area contributed by atoms with Gasteiger partial charge in [0.15, 0.2) is 6.23 Å². The summed E-state index contributed by atoms with van der Waals surface area (Å²) in [7, 11) is 0. The van der Waals surface area contributed by atoms with E-state index >= 15 is 0 Å². The van der Waals surface area contributed by atoms with E-state index in [9.17, 15) is 0 Å². The Morgan fingerprint density at radius 1 is 1.14 bits per heavy atom. The van der Waals surface area contributed by atoms with Crippen molar-refractivity contribution in [2.45, 2.75) is 33.0 Å². The van der Waals surface area contributed by atoms with Crippen LogP contribution in [0.2, 0.25) is 0 Å². The molecule has 2 atom stereocenters. The average molecular weight is 191 g/mol. The van der Waals surface area contributed by atoms with E-state index in [4.69, 9.17) is 4.74 Å². The number of ether oxygens (including phenoxy) is 1. The molecule has 1 fully saturated rings. The molecule has 1 aromatic carbocycles. The van der Waals surface area contributed by atoms with Crippen molar-refractivity contribution in [3.05, 3.63) is 30.3 Å². The first kappa shape index (κ1) is 9.53. The average Bonchev–Trinajstić information content (AvgIpc) is 2.85. The van der Waals surface area contributed by atoms with E-state index < -0.39 is 0 Å². The van der Waals surface area contributed by atoms with Gasteiger partial charge < -0.3 is 4.74 Å². The summed E-state index contributed by atoms with van der Waals surface area (Å²) < 4.78 is 5.75. The molecular weight excluding hydrogens is 174 g/mol. The molecule has 0 amide bonds. The summed E-state index contributed by atoms with van der Waals surface area (Å²) in [6.07, 6.45) is 0.192. The summed E-state index contributed by atoms with van der Waals surface area (Å²) in [6, 6.07) is 10.4. The van der Waals surface area contributed by atoms with Crippen LogP contribution < -0.4 is 10.1 Å². The SMILES string of the molecule is CC(C)(C)C1NC1Oc1ccccc1. The van der Waals surface area contributed by atoms with E-state index in [2.05, 4.69) is 26.1 Å². The molecule has 76 valence electrons. The molecule has 0 radical (unpaired) electrons. The Morgan fingerprint density at radius 2 is 1.79 bits per heavy atom. The van der Waals surface area contributed by atoms with Crippen molar-refractivity contribution >= 4 is 0 Å². The monoisotopic (exact) mass is 191 g/mol. The Bertz CT molecular complexity index is 302. The van der Waals surface area contributed by atoms with Crippen LogP contribution in [0.5, 0.6) is 5.75 Å². The maximum atomic E-state index is 5.75. The van der Waals surface area contributed by atoms with Crippen LogP contribution in [0.3, 0.4) is 0 Å². The van der Waals surface area contributed by atoms with Gasteiger partial charge in [-0.1, -0.05) is 39.0 Å². The summed E-state index contributed by atoms with van der Waals surface area (Å²) in [5.74, 6) is 0.941. The summed E-state index contributed by atoms with van der Waals surface area (Å²) >= 11 is 0. The fraction of sp³-hybridized carbons (Fsp3) is 0.500. The van der Waals surface area contributed by atoms with Crippen LogP contribution in [0.4, 0.5) is 0 Å². The first-order valence-electron chi connectivity index (χ1n) is 5.05. The maximum Gasteiger partial charge on any atom is 0.166 e. The van der Waals surface area contributed by atoms with Crippen molar-refractivity contribution in [2.75, 3.05) is 0 Å². The standard InChI is InChI=1S/C12H17NO/c1-12(2,3)10-11(13-10)14-9-7-5-4-6-8-9/h4-8,10-11,13H,1-3H3. The number of benzene rings is 1. The Morgan fingerprint density at radius 3 is 2.29 bits per heavy atom. The van der Waals surface area contributed by atoms with Crippen LogP contribution in [0.1, 0.15) is 20.8 Å². The van der Waals surface area contributed by atoms with Gasteiger partial charge in [0.25, 0.3) is 0 Å². The molecule has 14 heavy (non-hydrogen) atoms. The molecule has 0 spiro atoms. The summed E-state index contributed by atoms with van der Waals surface area (Å²) in [5.41, 5.74) is 0.277. The van der Waals surface area contributed by atoms with E-state index in [1.807, 2.05) is 30.3 Å². The second-order valence-electron chi connectivity index (χ2n) is 4.86. The van der Waals surface area contributed by atoms with E-state index in [0.717, 1.165) is 5.75 Å². The third kappa shape index (κ3) is 2.07. The van der Waals surface area contributed by atoms with Gasteiger partial charge in [-0.15, -0.1) is 0 Å². The van der Waals surface area contributed by atoms with Crippen LogP contribution in [-0.4, -0.2) is 12.3 Å². The zero-order valence-corrected chi connectivity index (χ0v) is 8.95. The van der Waals surface area contributed by atoms with Gasteiger partial charge in [0.1, 0.15) is 5.75 Å². The van der Waals surface area contributed by atoms with Gasteiger partial charge in [-0.25, -0.2) is 0 Å². The quantitative estimate of drug-likeness (QED) is 0.728. The number of hydrogen-bond donors (Lipinski definition) is 1. The lowest BCUT2D eigenvalue weighted by atomic mass is 9.92. The lowest BCUT2D eigenvalue weighted by Gasteiger charge is -2.15. The highest BCUT2D eigenvalue weighted by Gasteiger charge is 2.46. The van der Waals surface area contributed by atoms with Gasteiger partial charge in [-0.05, 0) is 17.5 Å². The molecule has 2 nitrogen and oxygen atoms in total. The highest BCUT2D eigenvalue weighted by atomic mass is 16.5. The number of rotatable bonds is 2. The molecule has 1 aliphatic rings. The highest BCUT2D eigenvalue weighted by molar-refractivity contribution is 5.22. The highest BCUT2D eigenvalue weighted by Crippen LogP contribution is 2.32. The molecule has 1 N–H and O–H groups in total. The predicted molar refractivity (Wildman–Crippen MR) is 57.2 cm³/mol. The largest absolute Gasteiger partial charge is 0.474 e. The first-order valence-corrected chi connectivity index (χ1v) is 5.05. The normalized spacial score (nSPS) is 25.9. The molecule has 0 saturated carbocycles. The molecule has 1 aliphatic heterocycles. The zero-order chi connectivity index (χ0) is 10.2.